The first kappa shape index (κ1) is 9.47. The zero-order chi connectivity index (χ0) is 9.31. The highest BCUT2D eigenvalue weighted by Crippen LogP contribution is 2.38. The molecule has 2 nitrogen and oxygen atoms in total. The van der Waals surface area contributed by atoms with Gasteiger partial charge in [0.2, 0.25) is 0 Å². The van der Waals surface area contributed by atoms with Crippen LogP contribution in [0.3, 0.4) is 0 Å². The summed E-state index contributed by atoms with van der Waals surface area (Å²) in [6.45, 7) is 7.57. The van der Waals surface area contributed by atoms with Crippen LogP contribution in [0.1, 0.15) is 32.6 Å². The Bertz CT molecular complexity index is 171. The molecule has 0 unspecified atom stereocenters. The Morgan fingerprint density at radius 2 is 1.69 bits per heavy atom. The highest BCUT2D eigenvalue weighted by molar-refractivity contribution is 5.01. The van der Waals surface area contributed by atoms with Crippen molar-refractivity contribution in [3.8, 4) is 0 Å². The minimum absolute atomic E-state index is 0.629. The predicted molar refractivity (Wildman–Crippen MR) is 55.9 cm³/mol. The van der Waals surface area contributed by atoms with Gasteiger partial charge in [0.05, 0.1) is 0 Å². The third-order valence-electron chi connectivity index (χ3n) is 4.05. The Kier molecular flexibility index (Phi) is 2.61. The second-order valence-corrected chi connectivity index (χ2v) is 4.74. The van der Waals surface area contributed by atoms with E-state index < -0.39 is 0 Å². The molecular formula is C11H22N2. The Balaban J connectivity index is 1.82. The quantitative estimate of drug-likeness (QED) is 0.639. The van der Waals surface area contributed by atoms with Crippen molar-refractivity contribution in [1.29, 1.82) is 0 Å². The molecule has 2 rings (SSSR count). The third kappa shape index (κ3) is 1.62. The van der Waals surface area contributed by atoms with Crippen molar-refractivity contribution in [2.24, 2.45) is 0 Å². The minimum Gasteiger partial charge on any atom is -0.303 e. The standard InChI is InChI=1S/C11H22N2/c1-3-7-13-9-5-11(6-10-13)4-8-12(11)2/h3-10H2,1-2H3. The van der Waals surface area contributed by atoms with Crippen LogP contribution in [-0.2, 0) is 0 Å². The molecule has 76 valence electrons. The average molecular weight is 182 g/mol. The van der Waals surface area contributed by atoms with Gasteiger partial charge >= 0.3 is 0 Å². The summed E-state index contributed by atoms with van der Waals surface area (Å²) in [6, 6.07) is 0. The molecule has 0 bridgehead atoms. The molecule has 0 amide bonds. The smallest absolute Gasteiger partial charge is 0.0243 e. The van der Waals surface area contributed by atoms with Gasteiger partial charge in [0, 0.05) is 12.1 Å². The van der Waals surface area contributed by atoms with Crippen LogP contribution in [-0.4, -0.2) is 48.6 Å². The van der Waals surface area contributed by atoms with Crippen LogP contribution in [0.5, 0.6) is 0 Å². The van der Waals surface area contributed by atoms with Crippen LogP contribution in [0.15, 0.2) is 0 Å². The normalized spacial score (nSPS) is 29.1. The lowest BCUT2D eigenvalue weighted by atomic mass is 9.77. The Morgan fingerprint density at radius 1 is 1.08 bits per heavy atom. The summed E-state index contributed by atoms with van der Waals surface area (Å²) in [7, 11) is 2.29. The van der Waals surface area contributed by atoms with E-state index in [1.165, 1.54) is 51.9 Å². The Hall–Kier alpha value is -0.0800. The van der Waals surface area contributed by atoms with Crippen LogP contribution in [0.4, 0.5) is 0 Å². The lowest BCUT2D eigenvalue weighted by Gasteiger charge is -2.55. The van der Waals surface area contributed by atoms with E-state index in [0.29, 0.717) is 5.54 Å². The number of piperidine rings is 1. The SMILES string of the molecule is CCCN1CCC2(CC1)CCN2C. The predicted octanol–water partition coefficient (Wildman–Crippen LogP) is 1.57. The van der Waals surface area contributed by atoms with E-state index in [1.807, 2.05) is 0 Å². The van der Waals surface area contributed by atoms with Gasteiger partial charge in [-0.25, -0.2) is 0 Å². The number of hydrogen-bond acceptors (Lipinski definition) is 2. The van der Waals surface area contributed by atoms with Gasteiger partial charge in [-0.15, -0.1) is 0 Å². The number of nitrogens with zero attached hydrogens (tertiary/aromatic N) is 2. The van der Waals surface area contributed by atoms with Crippen LogP contribution >= 0.6 is 0 Å². The molecule has 2 heteroatoms. The summed E-state index contributed by atoms with van der Waals surface area (Å²) in [5.74, 6) is 0. The molecule has 2 saturated heterocycles. The molecule has 2 heterocycles. The Labute approximate surface area is 81.9 Å². The van der Waals surface area contributed by atoms with E-state index in [1.54, 1.807) is 0 Å². The third-order valence-corrected chi connectivity index (χ3v) is 4.05. The molecule has 2 aliphatic heterocycles. The lowest BCUT2D eigenvalue weighted by molar-refractivity contribution is -0.0393. The van der Waals surface area contributed by atoms with Crippen LogP contribution in [0, 0.1) is 0 Å². The van der Waals surface area contributed by atoms with Gasteiger partial charge < -0.3 is 9.80 Å². The van der Waals surface area contributed by atoms with E-state index in [4.69, 9.17) is 0 Å². The lowest BCUT2D eigenvalue weighted by Crippen LogP contribution is -2.62. The highest BCUT2D eigenvalue weighted by atomic mass is 15.3. The van der Waals surface area contributed by atoms with E-state index in [0.717, 1.165) is 0 Å². The maximum atomic E-state index is 2.62. The molecule has 0 N–H and O–H groups in total. The van der Waals surface area contributed by atoms with E-state index in [-0.39, 0.29) is 0 Å². The maximum absolute atomic E-state index is 2.62. The molecule has 0 aromatic rings. The molecule has 0 atom stereocenters. The van der Waals surface area contributed by atoms with E-state index in [2.05, 4.69) is 23.8 Å². The molecule has 2 fully saturated rings. The van der Waals surface area contributed by atoms with Crippen molar-refractivity contribution in [2.45, 2.75) is 38.1 Å². The van der Waals surface area contributed by atoms with Crippen molar-refractivity contribution < 1.29 is 0 Å². The topological polar surface area (TPSA) is 6.48 Å². The second-order valence-electron chi connectivity index (χ2n) is 4.74. The van der Waals surface area contributed by atoms with Crippen molar-refractivity contribution in [3.05, 3.63) is 0 Å². The fourth-order valence-corrected chi connectivity index (χ4v) is 2.79. The van der Waals surface area contributed by atoms with E-state index >= 15 is 0 Å². The number of rotatable bonds is 2. The van der Waals surface area contributed by atoms with Gasteiger partial charge in [-0.2, -0.15) is 0 Å². The van der Waals surface area contributed by atoms with Crippen LogP contribution in [0.2, 0.25) is 0 Å². The Morgan fingerprint density at radius 3 is 2.08 bits per heavy atom. The van der Waals surface area contributed by atoms with Gasteiger partial charge in [0.15, 0.2) is 0 Å². The number of hydrogen-bond donors (Lipinski definition) is 0. The number of likely N-dealkylation sites (tertiary alicyclic amines) is 2. The molecule has 1 spiro atoms. The van der Waals surface area contributed by atoms with Crippen molar-refractivity contribution in [2.75, 3.05) is 33.2 Å². The minimum atomic E-state index is 0.629. The molecule has 0 aromatic carbocycles. The monoisotopic (exact) mass is 182 g/mol. The van der Waals surface area contributed by atoms with Crippen molar-refractivity contribution in [3.63, 3.8) is 0 Å². The molecule has 0 aromatic heterocycles. The molecule has 2 aliphatic rings. The van der Waals surface area contributed by atoms with E-state index in [9.17, 15) is 0 Å². The fraction of sp³-hybridized carbons (Fsp3) is 1.00. The average Bonchev–Trinajstić information content (AvgIpc) is 2.17. The second kappa shape index (κ2) is 3.58. The van der Waals surface area contributed by atoms with Gasteiger partial charge in [-0.1, -0.05) is 6.92 Å². The fourth-order valence-electron chi connectivity index (χ4n) is 2.79. The largest absolute Gasteiger partial charge is 0.303 e. The summed E-state index contributed by atoms with van der Waals surface area (Å²) in [5.41, 5.74) is 0.629. The molecular weight excluding hydrogens is 160 g/mol. The van der Waals surface area contributed by atoms with Crippen molar-refractivity contribution in [1.82, 2.24) is 9.80 Å². The first-order valence-corrected chi connectivity index (χ1v) is 5.70. The summed E-state index contributed by atoms with van der Waals surface area (Å²) in [6.07, 6.45) is 5.57. The molecule has 13 heavy (non-hydrogen) atoms. The summed E-state index contributed by atoms with van der Waals surface area (Å²) < 4.78 is 0. The van der Waals surface area contributed by atoms with Crippen molar-refractivity contribution >= 4 is 0 Å². The van der Waals surface area contributed by atoms with Gasteiger partial charge in [-0.3, -0.25) is 0 Å². The first-order chi connectivity index (χ1) is 6.27. The summed E-state index contributed by atoms with van der Waals surface area (Å²) in [4.78, 5) is 5.19. The van der Waals surface area contributed by atoms with Gasteiger partial charge in [-0.05, 0) is 52.4 Å². The maximum Gasteiger partial charge on any atom is 0.0243 e. The highest BCUT2D eigenvalue weighted by Gasteiger charge is 2.43. The van der Waals surface area contributed by atoms with Gasteiger partial charge in [0.1, 0.15) is 0 Å². The summed E-state index contributed by atoms with van der Waals surface area (Å²) >= 11 is 0. The first-order valence-electron chi connectivity index (χ1n) is 5.70. The molecule has 0 radical (unpaired) electrons. The van der Waals surface area contributed by atoms with Gasteiger partial charge in [0.25, 0.3) is 0 Å². The summed E-state index contributed by atoms with van der Waals surface area (Å²) in [5, 5.41) is 0. The van der Waals surface area contributed by atoms with Crippen LogP contribution in [0.25, 0.3) is 0 Å². The zero-order valence-corrected chi connectivity index (χ0v) is 9.05. The molecule has 0 saturated carbocycles. The molecule has 0 aliphatic carbocycles. The zero-order valence-electron chi connectivity index (χ0n) is 9.05. The van der Waals surface area contributed by atoms with Crippen LogP contribution < -0.4 is 0 Å².